The second-order valence-electron chi connectivity index (χ2n) is 9.39. The third kappa shape index (κ3) is 5.90. The van der Waals surface area contributed by atoms with Gasteiger partial charge in [-0.2, -0.15) is 0 Å². The van der Waals surface area contributed by atoms with Gasteiger partial charge in [0.25, 0.3) is 5.69 Å². The number of ether oxygens (including phenoxy) is 1. The molecule has 1 aromatic carbocycles. The number of nitrogens with zero attached hydrogens (tertiary/aromatic N) is 1. The molecule has 0 amide bonds. The molecule has 0 bridgehead atoms. The largest absolute Gasteiger partial charge is 0.512 e. The molecule has 0 aromatic heterocycles. The molecular formula is C26H37NO5. The van der Waals surface area contributed by atoms with E-state index in [1.54, 1.807) is 12.1 Å². The lowest BCUT2D eigenvalue weighted by atomic mass is 9.79. The van der Waals surface area contributed by atoms with Gasteiger partial charge in [-0.1, -0.05) is 58.6 Å². The highest BCUT2D eigenvalue weighted by Crippen LogP contribution is 2.46. The molecule has 1 N–H and O–H groups in total. The summed E-state index contributed by atoms with van der Waals surface area (Å²) in [5, 5.41) is 22.2. The number of aliphatic hydroxyl groups is 1. The van der Waals surface area contributed by atoms with Crippen LogP contribution in [0.5, 0.6) is 0 Å². The fraction of sp³-hybridized carbons (Fsp3) is 0.654. The lowest BCUT2D eigenvalue weighted by molar-refractivity contribution is -0.384. The van der Waals surface area contributed by atoms with E-state index in [-0.39, 0.29) is 17.0 Å². The molecule has 176 valence electrons. The Morgan fingerprint density at radius 1 is 1.16 bits per heavy atom. The maximum atomic E-state index is 13.2. The van der Waals surface area contributed by atoms with Gasteiger partial charge >= 0.3 is 5.97 Å². The van der Waals surface area contributed by atoms with E-state index in [1.165, 1.54) is 37.8 Å². The quantitative estimate of drug-likeness (QED) is 0.239. The Kier molecular flexibility index (Phi) is 7.96. The van der Waals surface area contributed by atoms with Gasteiger partial charge < -0.3 is 9.84 Å². The van der Waals surface area contributed by atoms with Gasteiger partial charge in [-0.25, -0.2) is 4.79 Å². The van der Waals surface area contributed by atoms with E-state index in [0.717, 1.165) is 37.5 Å². The van der Waals surface area contributed by atoms with Crippen molar-refractivity contribution in [3.8, 4) is 0 Å². The van der Waals surface area contributed by atoms with Crippen molar-refractivity contribution in [1.29, 1.82) is 0 Å². The molecule has 1 aliphatic heterocycles. The predicted molar refractivity (Wildman–Crippen MR) is 124 cm³/mol. The standard InChI is InChI=1S/C24H31NO5.C2H6/c1-2-20(18-4-3-5-19(14-18)25(28)29)22-21(26)15-24(30-23(22)27,12-10-16-6-7-16)13-11-17-8-9-17;1-2/h3-5,14,16-17,20,26H,2,6-13,15H2,1H3;1-2H3. The van der Waals surface area contributed by atoms with Crippen LogP contribution in [0.25, 0.3) is 0 Å². The highest BCUT2D eigenvalue weighted by Gasteiger charge is 2.45. The first-order valence-electron chi connectivity index (χ1n) is 12.3. The number of nitro benzene ring substituents is 1. The molecule has 0 spiro atoms. The summed E-state index contributed by atoms with van der Waals surface area (Å²) in [7, 11) is 0. The van der Waals surface area contributed by atoms with Crippen LogP contribution in [-0.4, -0.2) is 21.6 Å². The molecule has 1 heterocycles. The van der Waals surface area contributed by atoms with E-state index in [9.17, 15) is 20.0 Å². The zero-order valence-electron chi connectivity index (χ0n) is 19.6. The van der Waals surface area contributed by atoms with Crippen molar-refractivity contribution in [2.75, 3.05) is 0 Å². The number of non-ortho nitro benzene ring substituents is 1. The number of rotatable bonds is 10. The van der Waals surface area contributed by atoms with Gasteiger partial charge in [0.05, 0.1) is 10.5 Å². The van der Waals surface area contributed by atoms with Crippen molar-refractivity contribution < 1.29 is 19.6 Å². The molecule has 1 aromatic rings. The summed E-state index contributed by atoms with van der Waals surface area (Å²) in [6.45, 7) is 5.92. The molecule has 1 unspecified atom stereocenters. The van der Waals surface area contributed by atoms with Gasteiger partial charge in [0.15, 0.2) is 0 Å². The average Bonchev–Trinajstić information content (AvgIpc) is 3.70. The van der Waals surface area contributed by atoms with Crippen LogP contribution < -0.4 is 0 Å². The lowest BCUT2D eigenvalue weighted by Crippen LogP contribution is -2.41. The van der Waals surface area contributed by atoms with Crippen molar-refractivity contribution in [3.05, 3.63) is 51.3 Å². The monoisotopic (exact) mass is 443 g/mol. The third-order valence-electron chi connectivity index (χ3n) is 6.98. The summed E-state index contributed by atoms with van der Waals surface area (Å²) in [5.41, 5.74) is 0.315. The van der Waals surface area contributed by atoms with Crippen molar-refractivity contribution >= 4 is 11.7 Å². The van der Waals surface area contributed by atoms with Gasteiger partial charge in [0.2, 0.25) is 0 Å². The molecule has 6 nitrogen and oxygen atoms in total. The summed E-state index contributed by atoms with van der Waals surface area (Å²) in [5.74, 6) is 0.715. The van der Waals surface area contributed by atoms with Crippen LogP contribution in [-0.2, 0) is 9.53 Å². The van der Waals surface area contributed by atoms with Gasteiger partial charge in [-0.05, 0) is 49.5 Å². The fourth-order valence-corrected chi connectivity index (χ4v) is 4.76. The minimum atomic E-state index is -0.600. The van der Waals surface area contributed by atoms with Crippen LogP contribution in [0.2, 0.25) is 0 Å². The van der Waals surface area contributed by atoms with Crippen LogP contribution in [0.3, 0.4) is 0 Å². The highest BCUT2D eigenvalue weighted by molar-refractivity contribution is 5.92. The molecule has 0 radical (unpaired) electrons. The zero-order valence-corrected chi connectivity index (χ0v) is 19.6. The Morgan fingerprint density at radius 3 is 2.22 bits per heavy atom. The Balaban J connectivity index is 0.00000141. The van der Waals surface area contributed by atoms with E-state index in [0.29, 0.717) is 18.4 Å². The van der Waals surface area contributed by atoms with E-state index in [4.69, 9.17) is 4.74 Å². The van der Waals surface area contributed by atoms with Gasteiger partial charge in [-0.3, -0.25) is 10.1 Å². The number of carbonyl (C=O) groups is 1. The van der Waals surface area contributed by atoms with Crippen LogP contribution in [0.15, 0.2) is 35.6 Å². The zero-order chi connectivity index (χ0) is 23.3. The SMILES string of the molecule is CC.CCC(C1=C(O)CC(CCC2CC2)(CCC2CC2)OC1=O)c1cccc([N+](=O)[O-])c1. The Morgan fingerprint density at radius 2 is 1.75 bits per heavy atom. The molecule has 2 saturated carbocycles. The molecule has 32 heavy (non-hydrogen) atoms. The van der Waals surface area contributed by atoms with Crippen molar-refractivity contribution in [2.24, 2.45) is 11.8 Å². The minimum Gasteiger partial charge on any atom is -0.512 e. The number of esters is 1. The molecule has 2 fully saturated rings. The topological polar surface area (TPSA) is 89.7 Å². The summed E-state index contributed by atoms with van der Waals surface area (Å²) < 4.78 is 6.10. The normalized spacial score (nSPS) is 20.8. The number of hydrogen-bond acceptors (Lipinski definition) is 5. The number of aliphatic hydroxyl groups excluding tert-OH is 1. The fourth-order valence-electron chi connectivity index (χ4n) is 4.76. The first-order valence-corrected chi connectivity index (χ1v) is 12.3. The Hall–Kier alpha value is -2.37. The van der Waals surface area contributed by atoms with Gasteiger partial charge in [-0.15, -0.1) is 0 Å². The Bertz CT molecular complexity index is 838. The first-order chi connectivity index (χ1) is 15.4. The number of nitro groups is 1. The molecular weight excluding hydrogens is 406 g/mol. The van der Waals surface area contributed by atoms with Gasteiger partial charge in [0.1, 0.15) is 11.4 Å². The predicted octanol–water partition coefficient (Wildman–Crippen LogP) is 6.99. The molecule has 1 atom stereocenters. The third-order valence-corrected chi connectivity index (χ3v) is 6.98. The Labute approximate surface area is 191 Å². The van der Waals surface area contributed by atoms with E-state index >= 15 is 0 Å². The van der Waals surface area contributed by atoms with Crippen molar-refractivity contribution in [2.45, 2.75) is 96.5 Å². The summed E-state index contributed by atoms with van der Waals surface area (Å²) in [4.78, 5) is 23.9. The minimum absolute atomic E-state index is 0.0153. The molecule has 6 heteroatoms. The molecule has 0 saturated heterocycles. The van der Waals surface area contributed by atoms with Crippen LogP contribution >= 0.6 is 0 Å². The number of hydrogen-bond donors (Lipinski definition) is 1. The maximum Gasteiger partial charge on any atom is 0.338 e. The van der Waals surface area contributed by atoms with Crippen molar-refractivity contribution in [3.63, 3.8) is 0 Å². The smallest absolute Gasteiger partial charge is 0.338 e. The van der Waals surface area contributed by atoms with Gasteiger partial charge in [0, 0.05) is 24.5 Å². The second-order valence-corrected chi connectivity index (χ2v) is 9.39. The summed E-state index contributed by atoms with van der Waals surface area (Å²) in [6, 6.07) is 6.32. The number of carbonyl (C=O) groups excluding carboxylic acids is 1. The number of cyclic esters (lactones) is 1. The van der Waals surface area contributed by atoms with Crippen LogP contribution in [0.1, 0.15) is 96.5 Å². The number of benzene rings is 1. The van der Waals surface area contributed by atoms with Crippen LogP contribution in [0.4, 0.5) is 5.69 Å². The molecule has 2 aliphatic carbocycles. The van der Waals surface area contributed by atoms with Crippen molar-refractivity contribution in [1.82, 2.24) is 0 Å². The lowest BCUT2D eigenvalue weighted by Gasteiger charge is -2.39. The van der Waals surface area contributed by atoms with Crippen LogP contribution in [0, 0.1) is 22.0 Å². The first kappa shape index (κ1) is 24.3. The highest BCUT2D eigenvalue weighted by atomic mass is 16.6. The van der Waals surface area contributed by atoms with E-state index < -0.39 is 22.4 Å². The van der Waals surface area contributed by atoms with E-state index in [1.807, 2.05) is 20.8 Å². The van der Waals surface area contributed by atoms with E-state index in [2.05, 4.69) is 0 Å². The maximum absolute atomic E-state index is 13.2. The molecule has 4 rings (SSSR count). The average molecular weight is 444 g/mol. The molecule has 3 aliphatic rings. The second kappa shape index (κ2) is 10.5. The summed E-state index contributed by atoms with van der Waals surface area (Å²) >= 11 is 0. The summed E-state index contributed by atoms with van der Waals surface area (Å²) in [6.07, 6.45) is 9.63.